The van der Waals surface area contributed by atoms with Crippen LogP contribution in [-0.4, -0.2) is 18.9 Å². The van der Waals surface area contributed by atoms with Gasteiger partial charge in [0.2, 0.25) is 11.5 Å². The summed E-state index contributed by atoms with van der Waals surface area (Å²) in [5.74, 6) is -1.10. The Morgan fingerprint density at radius 1 is 1.05 bits per heavy atom. The van der Waals surface area contributed by atoms with E-state index in [1.54, 1.807) is 0 Å². The molecule has 1 aromatic heterocycles. The number of carbonyl (C=O) groups excluding carboxylic acids is 2. The van der Waals surface area contributed by atoms with E-state index in [1.807, 2.05) is 0 Å². The molecular formula is C13H8Cl2O4. The number of esters is 1. The number of hydrogen-bond acceptors (Lipinski definition) is 4. The Morgan fingerprint density at radius 2 is 1.63 bits per heavy atom. The molecule has 0 aliphatic carbocycles. The van der Waals surface area contributed by atoms with Crippen molar-refractivity contribution in [3.05, 3.63) is 57.5 Å². The van der Waals surface area contributed by atoms with Gasteiger partial charge in [-0.2, -0.15) is 0 Å². The number of halogens is 2. The quantitative estimate of drug-likeness (QED) is 0.642. The molecule has 2 aromatic rings. The zero-order valence-electron chi connectivity index (χ0n) is 9.78. The highest BCUT2D eigenvalue weighted by atomic mass is 35.5. The first-order valence-corrected chi connectivity index (χ1v) is 5.96. The van der Waals surface area contributed by atoms with Gasteiger partial charge in [0.15, 0.2) is 5.76 Å². The fraction of sp³-hybridized carbons (Fsp3) is 0.0769. The summed E-state index contributed by atoms with van der Waals surface area (Å²) in [6.07, 6.45) is 0. The number of furan rings is 1. The minimum atomic E-state index is -0.650. The number of methoxy groups -OCH3 is 1. The van der Waals surface area contributed by atoms with Crippen LogP contribution < -0.4 is 0 Å². The van der Waals surface area contributed by atoms with E-state index in [9.17, 15) is 9.59 Å². The highest BCUT2D eigenvalue weighted by molar-refractivity contribution is 6.35. The summed E-state index contributed by atoms with van der Waals surface area (Å²) in [7, 11) is 1.23. The number of rotatable bonds is 3. The molecule has 0 unspecified atom stereocenters. The fourth-order valence-corrected chi connectivity index (χ4v) is 2.02. The summed E-state index contributed by atoms with van der Waals surface area (Å²) >= 11 is 11.6. The van der Waals surface area contributed by atoms with Gasteiger partial charge in [-0.3, -0.25) is 4.79 Å². The number of ether oxygens (including phenoxy) is 1. The van der Waals surface area contributed by atoms with Crippen molar-refractivity contribution in [3.63, 3.8) is 0 Å². The molecule has 0 N–H and O–H groups in total. The van der Waals surface area contributed by atoms with Crippen molar-refractivity contribution in [2.24, 2.45) is 0 Å². The van der Waals surface area contributed by atoms with E-state index in [0.717, 1.165) is 0 Å². The number of benzene rings is 1. The monoisotopic (exact) mass is 298 g/mol. The molecule has 1 heterocycles. The highest BCUT2D eigenvalue weighted by Gasteiger charge is 2.18. The van der Waals surface area contributed by atoms with Crippen molar-refractivity contribution in [3.8, 4) is 0 Å². The summed E-state index contributed by atoms with van der Waals surface area (Å²) in [5, 5.41) is 0.686. The standard InChI is InChI=1S/C13H8Cl2O4/c1-18-13(17)11-3-2-10(19-11)12(16)7-4-8(14)6-9(15)5-7/h2-6H,1H3. The predicted octanol–water partition coefficient (Wildman–Crippen LogP) is 3.60. The second-order valence-electron chi connectivity index (χ2n) is 3.64. The van der Waals surface area contributed by atoms with Crippen LogP contribution in [0, 0.1) is 0 Å². The molecule has 0 atom stereocenters. The normalized spacial score (nSPS) is 10.3. The van der Waals surface area contributed by atoms with Crippen LogP contribution in [0.1, 0.15) is 26.7 Å². The van der Waals surface area contributed by atoms with Crippen LogP contribution in [0.3, 0.4) is 0 Å². The van der Waals surface area contributed by atoms with Crippen LogP contribution in [0.15, 0.2) is 34.7 Å². The van der Waals surface area contributed by atoms with Crippen LogP contribution in [0.2, 0.25) is 10.0 Å². The smallest absolute Gasteiger partial charge is 0.373 e. The molecule has 0 spiro atoms. The van der Waals surface area contributed by atoms with E-state index in [2.05, 4.69) is 4.74 Å². The van der Waals surface area contributed by atoms with Gasteiger partial charge >= 0.3 is 5.97 Å². The van der Waals surface area contributed by atoms with Crippen molar-refractivity contribution in [2.45, 2.75) is 0 Å². The Balaban J connectivity index is 2.33. The molecule has 19 heavy (non-hydrogen) atoms. The van der Waals surface area contributed by atoms with Crippen LogP contribution >= 0.6 is 23.2 Å². The first-order chi connectivity index (χ1) is 9.01. The van der Waals surface area contributed by atoms with Crippen molar-refractivity contribution < 1.29 is 18.7 Å². The molecule has 0 radical (unpaired) electrons. The first kappa shape index (κ1) is 13.6. The van der Waals surface area contributed by atoms with Crippen molar-refractivity contribution in [1.29, 1.82) is 0 Å². The second-order valence-corrected chi connectivity index (χ2v) is 4.52. The molecule has 0 saturated carbocycles. The third kappa shape index (κ3) is 2.97. The number of carbonyl (C=O) groups is 2. The van der Waals surface area contributed by atoms with Crippen molar-refractivity contribution in [1.82, 2.24) is 0 Å². The van der Waals surface area contributed by atoms with E-state index in [0.29, 0.717) is 10.0 Å². The largest absolute Gasteiger partial charge is 0.463 e. The van der Waals surface area contributed by atoms with E-state index in [-0.39, 0.29) is 17.1 Å². The maximum absolute atomic E-state index is 12.1. The summed E-state index contributed by atoms with van der Waals surface area (Å²) in [4.78, 5) is 23.3. The Morgan fingerprint density at radius 3 is 2.21 bits per heavy atom. The fourth-order valence-electron chi connectivity index (χ4n) is 1.50. The topological polar surface area (TPSA) is 56.5 Å². The molecule has 2 rings (SSSR count). The summed E-state index contributed by atoms with van der Waals surface area (Å²) in [6.45, 7) is 0. The number of hydrogen-bond donors (Lipinski definition) is 0. The van der Waals surface area contributed by atoms with Gasteiger partial charge in [-0.1, -0.05) is 23.2 Å². The lowest BCUT2D eigenvalue weighted by Crippen LogP contribution is -2.01. The van der Waals surface area contributed by atoms with Gasteiger partial charge in [0.05, 0.1) is 7.11 Å². The molecular weight excluding hydrogens is 291 g/mol. The molecule has 0 amide bonds. The maximum Gasteiger partial charge on any atom is 0.373 e. The van der Waals surface area contributed by atoms with Gasteiger partial charge < -0.3 is 9.15 Å². The summed E-state index contributed by atoms with van der Waals surface area (Å²) in [5.41, 5.74) is 0.281. The third-order valence-corrected chi connectivity index (χ3v) is 2.78. The zero-order valence-corrected chi connectivity index (χ0v) is 11.3. The Bertz CT molecular complexity index is 626. The molecule has 98 valence electrons. The summed E-state index contributed by atoms with van der Waals surface area (Å²) < 4.78 is 9.61. The summed E-state index contributed by atoms with van der Waals surface area (Å²) in [6, 6.07) is 7.21. The van der Waals surface area contributed by atoms with Crippen LogP contribution in [0.25, 0.3) is 0 Å². The van der Waals surface area contributed by atoms with Gasteiger partial charge in [-0.05, 0) is 30.3 Å². The molecule has 6 heteroatoms. The predicted molar refractivity (Wildman–Crippen MR) is 69.9 cm³/mol. The first-order valence-electron chi connectivity index (χ1n) is 5.20. The minimum absolute atomic E-state index is 0.0127. The molecule has 0 aliphatic rings. The molecule has 0 saturated heterocycles. The molecule has 0 fully saturated rings. The van der Waals surface area contributed by atoms with Crippen molar-refractivity contribution in [2.75, 3.05) is 7.11 Å². The van der Waals surface area contributed by atoms with E-state index in [1.165, 1.54) is 37.4 Å². The Hall–Kier alpha value is -1.78. The van der Waals surface area contributed by atoms with Gasteiger partial charge in [0.25, 0.3) is 0 Å². The van der Waals surface area contributed by atoms with Gasteiger partial charge in [-0.25, -0.2) is 4.79 Å². The third-order valence-electron chi connectivity index (χ3n) is 2.34. The lowest BCUT2D eigenvalue weighted by molar-refractivity contribution is 0.0563. The average molecular weight is 299 g/mol. The maximum atomic E-state index is 12.1. The molecule has 1 aromatic carbocycles. The SMILES string of the molecule is COC(=O)c1ccc(C(=O)c2cc(Cl)cc(Cl)c2)o1. The van der Waals surface area contributed by atoms with Gasteiger partial charge in [0.1, 0.15) is 0 Å². The van der Waals surface area contributed by atoms with E-state index < -0.39 is 11.8 Å². The second kappa shape index (κ2) is 5.47. The zero-order chi connectivity index (χ0) is 14.0. The van der Waals surface area contributed by atoms with Crippen LogP contribution in [-0.2, 0) is 4.74 Å². The molecule has 4 nitrogen and oxygen atoms in total. The van der Waals surface area contributed by atoms with Gasteiger partial charge in [0, 0.05) is 15.6 Å². The van der Waals surface area contributed by atoms with Crippen LogP contribution in [0.5, 0.6) is 0 Å². The van der Waals surface area contributed by atoms with Gasteiger partial charge in [-0.15, -0.1) is 0 Å². The molecule has 0 bridgehead atoms. The highest BCUT2D eigenvalue weighted by Crippen LogP contribution is 2.22. The Labute approximate surface area is 118 Å². The minimum Gasteiger partial charge on any atom is -0.463 e. The van der Waals surface area contributed by atoms with E-state index in [4.69, 9.17) is 27.6 Å². The lowest BCUT2D eigenvalue weighted by atomic mass is 10.1. The van der Waals surface area contributed by atoms with E-state index >= 15 is 0 Å². The number of ketones is 1. The van der Waals surface area contributed by atoms with Crippen LogP contribution in [0.4, 0.5) is 0 Å². The lowest BCUT2D eigenvalue weighted by Gasteiger charge is -2.00. The van der Waals surface area contributed by atoms with Crippen molar-refractivity contribution >= 4 is 35.0 Å². The molecule has 0 aliphatic heterocycles. The Kier molecular flexibility index (Phi) is 3.93. The average Bonchev–Trinajstić information content (AvgIpc) is 2.85.